The average molecular weight is 295 g/mol. The summed E-state index contributed by atoms with van der Waals surface area (Å²) >= 11 is 0. The third-order valence-corrected chi connectivity index (χ3v) is 4.38. The van der Waals surface area contributed by atoms with Gasteiger partial charge in [-0.15, -0.1) is 0 Å². The fourth-order valence-corrected chi connectivity index (χ4v) is 2.86. The van der Waals surface area contributed by atoms with E-state index in [1.54, 1.807) is 0 Å². The summed E-state index contributed by atoms with van der Waals surface area (Å²) in [5.74, 6) is -0.875. The zero-order chi connectivity index (χ0) is 14.8. The van der Waals surface area contributed by atoms with Crippen molar-refractivity contribution in [3.8, 4) is 0 Å². The van der Waals surface area contributed by atoms with E-state index < -0.39 is 11.6 Å². The summed E-state index contributed by atoms with van der Waals surface area (Å²) in [4.78, 5) is 4.12. The number of nitrogens with zero attached hydrogens (tertiary/aromatic N) is 2. The zero-order valence-electron chi connectivity index (χ0n) is 12.5. The average Bonchev–Trinajstić information content (AvgIpc) is 3.29. The minimum absolute atomic E-state index is 0.140. The Bertz CT molecular complexity index is 471. The number of rotatable bonds is 5. The molecule has 1 N–H and O–H groups in total. The zero-order valence-corrected chi connectivity index (χ0v) is 12.5. The van der Waals surface area contributed by atoms with Gasteiger partial charge in [0.05, 0.1) is 0 Å². The second-order valence-electron chi connectivity index (χ2n) is 5.98. The Labute approximate surface area is 124 Å². The highest BCUT2D eigenvalue weighted by molar-refractivity contribution is 5.51. The molecule has 116 valence electrons. The van der Waals surface area contributed by atoms with Crippen molar-refractivity contribution in [1.82, 2.24) is 10.2 Å². The molecule has 3 nitrogen and oxygen atoms in total. The summed E-state index contributed by atoms with van der Waals surface area (Å²) in [7, 11) is 0. The summed E-state index contributed by atoms with van der Waals surface area (Å²) in [6, 6.07) is 3.48. The SMILES string of the molecule is CCN1CCN(c2c(F)cc(CNC3CC3)cc2F)CC1. The van der Waals surface area contributed by atoms with Crippen LogP contribution < -0.4 is 10.2 Å². The quantitative estimate of drug-likeness (QED) is 0.899. The first-order valence-electron chi connectivity index (χ1n) is 7.86. The van der Waals surface area contributed by atoms with Gasteiger partial charge in [-0.3, -0.25) is 0 Å². The van der Waals surface area contributed by atoms with Gasteiger partial charge in [-0.05, 0) is 37.1 Å². The molecule has 0 atom stereocenters. The van der Waals surface area contributed by atoms with Gasteiger partial charge in [0, 0.05) is 38.8 Å². The van der Waals surface area contributed by atoms with Crippen LogP contribution in [0.25, 0.3) is 0 Å². The molecular weight excluding hydrogens is 272 g/mol. The topological polar surface area (TPSA) is 18.5 Å². The minimum atomic E-state index is -0.437. The van der Waals surface area contributed by atoms with Crippen LogP contribution >= 0.6 is 0 Å². The van der Waals surface area contributed by atoms with Crippen LogP contribution in [-0.2, 0) is 6.54 Å². The summed E-state index contributed by atoms with van der Waals surface area (Å²) in [6.45, 7) is 6.73. The Hall–Kier alpha value is -1.20. The number of hydrogen-bond acceptors (Lipinski definition) is 3. The number of nitrogens with one attached hydrogen (secondary N) is 1. The first-order valence-corrected chi connectivity index (χ1v) is 7.86. The largest absolute Gasteiger partial charge is 0.364 e. The molecule has 1 saturated carbocycles. The van der Waals surface area contributed by atoms with E-state index in [-0.39, 0.29) is 5.69 Å². The molecule has 0 aromatic heterocycles. The van der Waals surface area contributed by atoms with Crippen molar-refractivity contribution >= 4 is 5.69 Å². The van der Waals surface area contributed by atoms with Gasteiger partial charge < -0.3 is 15.1 Å². The van der Waals surface area contributed by atoms with Gasteiger partial charge in [-0.25, -0.2) is 8.78 Å². The molecule has 0 bridgehead atoms. The molecule has 1 saturated heterocycles. The third-order valence-electron chi connectivity index (χ3n) is 4.38. The summed E-state index contributed by atoms with van der Waals surface area (Å²) < 4.78 is 28.6. The van der Waals surface area contributed by atoms with E-state index in [0.29, 0.717) is 31.2 Å². The predicted molar refractivity (Wildman–Crippen MR) is 80.5 cm³/mol. The normalized spacial score (nSPS) is 20.0. The van der Waals surface area contributed by atoms with Crippen LogP contribution in [0, 0.1) is 11.6 Å². The fourth-order valence-electron chi connectivity index (χ4n) is 2.86. The summed E-state index contributed by atoms with van der Waals surface area (Å²) in [6.07, 6.45) is 2.34. The first kappa shape index (κ1) is 14.7. The molecular formula is C16H23F2N3. The number of hydrogen-bond donors (Lipinski definition) is 1. The van der Waals surface area contributed by atoms with E-state index in [0.717, 1.165) is 19.6 Å². The van der Waals surface area contributed by atoms with Crippen molar-refractivity contribution in [2.24, 2.45) is 0 Å². The van der Waals surface area contributed by atoms with Crippen molar-refractivity contribution < 1.29 is 8.78 Å². The molecule has 0 radical (unpaired) electrons. The molecule has 1 aliphatic heterocycles. The maximum absolute atomic E-state index is 14.3. The lowest BCUT2D eigenvalue weighted by Gasteiger charge is -2.35. The van der Waals surface area contributed by atoms with Crippen LogP contribution in [0.5, 0.6) is 0 Å². The van der Waals surface area contributed by atoms with Crippen molar-refractivity contribution in [1.29, 1.82) is 0 Å². The van der Waals surface area contributed by atoms with Gasteiger partial charge in [0.25, 0.3) is 0 Å². The van der Waals surface area contributed by atoms with Crippen LogP contribution in [0.15, 0.2) is 12.1 Å². The van der Waals surface area contributed by atoms with Crippen molar-refractivity contribution in [2.45, 2.75) is 32.4 Å². The van der Waals surface area contributed by atoms with E-state index in [2.05, 4.69) is 17.1 Å². The lowest BCUT2D eigenvalue weighted by atomic mass is 10.1. The lowest BCUT2D eigenvalue weighted by Crippen LogP contribution is -2.46. The molecule has 0 amide bonds. The van der Waals surface area contributed by atoms with Crippen molar-refractivity contribution in [2.75, 3.05) is 37.6 Å². The maximum atomic E-state index is 14.3. The molecule has 0 unspecified atom stereocenters. The second-order valence-corrected chi connectivity index (χ2v) is 5.98. The second kappa shape index (κ2) is 6.28. The lowest BCUT2D eigenvalue weighted by molar-refractivity contribution is 0.269. The molecule has 3 rings (SSSR count). The fraction of sp³-hybridized carbons (Fsp3) is 0.625. The maximum Gasteiger partial charge on any atom is 0.149 e. The Morgan fingerprint density at radius 3 is 2.24 bits per heavy atom. The molecule has 1 aromatic rings. The van der Waals surface area contributed by atoms with Crippen LogP contribution in [0.2, 0.25) is 0 Å². The van der Waals surface area contributed by atoms with Gasteiger partial charge in [0.2, 0.25) is 0 Å². The molecule has 5 heteroatoms. The molecule has 1 aromatic carbocycles. The van der Waals surface area contributed by atoms with E-state index >= 15 is 0 Å². The molecule has 1 aliphatic carbocycles. The van der Waals surface area contributed by atoms with E-state index in [1.165, 1.54) is 25.0 Å². The highest BCUT2D eigenvalue weighted by atomic mass is 19.1. The Morgan fingerprint density at radius 2 is 1.71 bits per heavy atom. The van der Waals surface area contributed by atoms with E-state index in [1.807, 2.05) is 4.90 Å². The first-order chi connectivity index (χ1) is 10.2. The number of likely N-dealkylation sites (N-methyl/N-ethyl adjacent to an activating group) is 1. The van der Waals surface area contributed by atoms with Crippen molar-refractivity contribution in [3.63, 3.8) is 0 Å². The molecule has 2 aliphatic rings. The van der Waals surface area contributed by atoms with Crippen molar-refractivity contribution in [3.05, 3.63) is 29.3 Å². The number of piperazine rings is 1. The number of anilines is 1. The van der Waals surface area contributed by atoms with E-state index in [4.69, 9.17) is 0 Å². The van der Waals surface area contributed by atoms with Crippen LogP contribution in [0.4, 0.5) is 14.5 Å². The van der Waals surface area contributed by atoms with Crippen LogP contribution in [0.1, 0.15) is 25.3 Å². The highest BCUT2D eigenvalue weighted by Gasteiger charge is 2.23. The van der Waals surface area contributed by atoms with Gasteiger partial charge in [-0.1, -0.05) is 6.92 Å². The minimum Gasteiger partial charge on any atom is -0.364 e. The van der Waals surface area contributed by atoms with Gasteiger partial charge >= 0.3 is 0 Å². The summed E-state index contributed by atoms with van der Waals surface area (Å²) in [5.41, 5.74) is 0.828. The molecule has 0 spiro atoms. The highest BCUT2D eigenvalue weighted by Crippen LogP contribution is 2.27. The molecule has 2 fully saturated rings. The van der Waals surface area contributed by atoms with E-state index in [9.17, 15) is 8.78 Å². The standard InChI is InChI=1S/C16H23F2N3/c1-2-20-5-7-21(8-6-20)16-14(17)9-12(10-15(16)18)11-19-13-3-4-13/h9-10,13,19H,2-8,11H2,1H3. The Kier molecular flexibility index (Phi) is 4.40. The predicted octanol–water partition coefficient (Wildman–Crippen LogP) is 2.36. The Balaban J connectivity index is 1.69. The van der Waals surface area contributed by atoms with Gasteiger partial charge in [0.1, 0.15) is 17.3 Å². The van der Waals surface area contributed by atoms with Crippen LogP contribution in [-0.4, -0.2) is 43.7 Å². The summed E-state index contributed by atoms with van der Waals surface area (Å²) in [5, 5.41) is 3.29. The number of benzene rings is 1. The monoisotopic (exact) mass is 295 g/mol. The molecule has 1 heterocycles. The smallest absolute Gasteiger partial charge is 0.149 e. The van der Waals surface area contributed by atoms with Crippen LogP contribution in [0.3, 0.4) is 0 Å². The third kappa shape index (κ3) is 3.52. The number of halogens is 2. The van der Waals surface area contributed by atoms with Gasteiger partial charge in [-0.2, -0.15) is 0 Å². The molecule has 21 heavy (non-hydrogen) atoms. The van der Waals surface area contributed by atoms with Gasteiger partial charge in [0.15, 0.2) is 0 Å². The Morgan fingerprint density at radius 1 is 1.10 bits per heavy atom.